The second-order valence-corrected chi connectivity index (χ2v) is 9.53. The molecule has 0 saturated heterocycles. The monoisotopic (exact) mass is 458 g/mol. The van der Waals surface area contributed by atoms with Crippen LogP contribution in [-0.2, 0) is 17.8 Å². The molecule has 33 heavy (non-hydrogen) atoms. The van der Waals surface area contributed by atoms with Gasteiger partial charge in [-0.15, -0.1) is 0 Å². The van der Waals surface area contributed by atoms with Crippen molar-refractivity contribution in [3.8, 4) is 11.3 Å². The fourth-order valence-corrected chi connectivity index (χ4v) is 4.35. The highest BCUT2D eigenvalue weighted by Crippen LogP contribution is 2.34. The first kappa shape index (κ1) is 23.0. The molecule has 2 amide bonds. The molecule has 0 spiro atoms. The molecule has 1 aliphatic heterocycles. The van der Waals surface area contributed by atoms with Gasteiger partial charge in [0.2, 0.25) is 0 Å². The van der Waals surface area contributed by atoms with Crippen molar-refractivity contribution in [2.45, 2.75) is 84.2 Å². The SMILES string of the molecule is CCn1cc(-c2nc(N[C@@H]3CCCC[C@@H]3NC(=O)OC(C)(C)C)c(F)c3c2C(=O)NC3)cn1. The highest BCUT2D eigenvalue weighted by molar-refractivity contribution is 6.04. The van der Waals surface area contributed by atoms with Gasteiger partial charge in [0, 0.05) is 36.5 Å². The number of amides is 2. The van der Waals surface area contributed by atoms with Crippen LogP contribution in [0.4, 0.5) is 15.0 Å². The summed E-state index contributed by atoms with van der Waals surface area (Å²) in [4.78, 5) is 29.3. The highest BCUT2D eigenvalue weighted by atomic mass is 19.1. The number of pyridine rings is 1. The summed E-state index contributed by atoms with van der Waals surface area (Å²) in [5.74, 6) is -0.812. The normalized spacial score (nSPS) is 20.2. The van der Waals surface area contributed by atoms with Crippen LogP contribution in [0.1, 0.15) is 69.3 Å². The van der Waals surface area contributed by atoms with Gasteiger partial charge in [0.15, 0.2) is 11.6 Å². The van der Waals surface area contributed by atoms with E-state index in [1.54, 1.807) is 17.1 Å². The summed E-state index contributed by atoms with van der Waals surface area (Å²) < 4.78 is 22.6. The summed E-state index contributed by atoms with van der Waals surface area (Å²) in [6.45, 7) is 8.16. The molecule has 0 aromatic carbocycles. The molecule has 2 aromatic rings. The minimum Gasteiger partial charge on any atom is -0.444 e. The van der Waals surface area contributed by atoms with E-state index in [-0.39, 0.29) is 35.9 Å². The number of carbonyl (C=O) groups excluding carboxylic acids is 2. The number of halogens is 1. The number of aryl methyl sites for hydroxylation is 1. The number of nitrogens with zero attached hydrogens (tertiary/aromatic N) is 3. The summed E-state index contributed by atoms with van der Waals surface area (Å²) in [7, 11) is 0. The first-order valence-corrected chi connectivity index (χ1v) is 11.5. The maximum absolute atomic E-state index is 15.4. The number of hydrogen-bond donors (Lipinski definition) is 3. The average molecular weight is 459 g/mol. The lowest BCUT2D eigenvalue weighted by atomic mass is 9.90. The summed E-state index contributed by atoms with van der Waals surface area (Å²) in [6.07, 6.45) is 6.34. The molecule has 3 heterocycles. The summed E-state index contributed by atoms with van der Waals surface area (Å²) >= 11 is 0. The maximum atomic E-state index is 15.4. The Morgan fingerprint density at radius 2 is 2.03 bits per heavy atom. The molecule has 0 unspecified atom stereocenters. The lowest BCUT2D eigenvalue weighted by molar-refractivity contribution is 0.0488. The second kappa shape index (κ2) is 8.99. The topological polar surface area (TPSA) is 110 Å². The van der Waals surface area contributed by atoms with Crippen LogP contribution in [0.3, 0.4) is 0 Å². The van der Waals surface area contributed by atoms with Crippen LogP contribution in [-0.4, -0.2) is 44.4 Å². The summed E-state index contributed by atoms with van der Waals surface area (Å²) in [5.41, 5.74) is 0.994. The Morgan fingerprint density at radius 1 is 1.30 bits per heavy atom. The van der Waals surface area contributed by atoms with E-state index in [4.69, 9.17) is 4.74 Å². The van der Waals surface area contributed by atoms with Gasteiger partial charge in [0.25, 0.3) is 5.91 Å². The third kappa shape index (κ3) is 4.94. The van der Waals surface area contributed by atoms with Crippen molar-refractivity contribution in [3.05, 3.63) is 29.3 Å². The van der Waals surface area contributed by atoms with E-state index in [1.807, 2.05) is 27.7 Å². The van der Waals surface area contributed by atoms with Crippen molar-refractivity contribution in [1.29, 1.82) is 0 Å². The number of rotatable bonds is 5. The third-order valence-corrected chi connectivity index (χ3v) is 5.91. The molecule has 2 aromatic heterocycles. The standard InChI is InChI=1S/C23H31FN6O3/c1-5-30-12-13(10-26-30)19-17-14(11-25-21(17)31)18(24)20(29-19)27-15-8-6-7-9-16(15)28-22(32)33-23(2,3)4/h10,12,15-16H,5-9,11H2,1-4H3,(H,25,31)(H,27,29)(H,28,32)/t15-,16+/m1/s1. The van der Waals surface area contributed by atoms with E-state index in [9.17, 15) is 9.59 Å². The van der Waals surface area contributed by atoms with Crippen molar-refractivity contribution in [2.75, 3.05) is 5.32 Å². The molecule has 0 radical (unpaired) electrons. The molecular weight excluding hydrogens is 427 g/mol. The minimum atomic E-state index is -0.604. The van der Waals surface area contributed by atoms with Crippen molar-refractivity contribution in [2.24, 2.45) is 0 Å². The molecule has 2 atom stereocenters. The van der Waals surface area contributed by atoms with E-state index >= 15 is 4.39 Å². The van der Waals surface area contributed by atoms with Crippen molar-refractivity contribution >= 4 is 17.8 Å². The van der Waals surface area contributed by atoms with Crippen LogP contribution in [0.25, 0.3) is 11.3 Å². The van der Waals surface area contributed by atoms with Gasteiger partial charge in [-0.3, -0.25) is 9.48 Å². The molecule has 2 aliphatic rings. The van der Waals surface area contributed by atoms with E-state index in [0.29, 0.717) is 23.4 Å². The predicted molar refractivity (Wildman–Crippen MR) is 121 cm³/mol. The zero-order chi connectivity index (χ0) is 23.8. The Balaban J connectivity index is 1.63. The number of carbonyl (C=O) groups is 2. The number of aromatic nitrogens is 3. The van der Waals surface area contributed by atoms with E-state index in [2.05, 4.69) is 26.0 Å². The first-order chi connectivity index (χ1) is 15.7. The molecule has 3 N–H and O–H groups in total. The van der Waals surface area contributed by atoms with Crippen LogP contribution < -0.4 is 16.0 Å². The van der Waals surface area contributed by atoms with Gasteiger partial charge in [0.1, 0.15) is 5.60 Å². The largest absolute Gasteiger partial charge is 0.444 e. The van der Waals surface area contributed by atoms with E-state index in [1.165, 1.54) is 0 Å². The fraction of sp³-hybridized carbons (Fsp3) is 0.565. The first-order valence-electron chi connectivity index (χ1n) is 11.5. The molecule has 9 nitrogen and oxygen atoms in total. The van der Waals surface area contributed by atoms with Crippen LogP contribution >= 0.6 is 0 Å². The molecule has 1 fully saturated rings. The molecule has 178 valence electrons. The van der Waals surface area contributed by atoms with Gasteiger partial charge in [-0.25, -0.2) is 14.2 Å². The molecule has 1 aliphatic carbocycles. The van der Waals surface area contributed by atoms with Gasteiger partial charge < -0.3 is 20.7 Å². The molecule has 0 bridgehead atoms. The summed E-state index contributed by atoms with van der Waals surface area (Å²) in [6, 6.07) is -0.447. The Labute approximate surface area is 192 Å². The van der Waals surface area contributed by atoms with E-state index in [0.717, 1.165) is 25.7 Å². The lowest BCUT2D eigenvalue weighted by Crippen LogP contribution is -2.50. The molecular formula is C23H31FN6O3. The minimum absolute atomic E-state index is 0.0763. The second-order valence-electron chi connectivity index (χ2n) is 9.53. The number of nitrogens with one attached hydrogen (secondary N) is 3. The smallest absolute Gasteiger partial charge is 0.407 e. The quantitative estimate of drug-likeness (QED) is 0.632. The number of ether oxygens (including phenoxy) is 1. The predicted octanol–water partition coefficient (Wildman–Crippen LogP) is 3.60. The number of anilines is 1. The average Bonchev–Trinajstić information content (AvgIpc) is 3.37. The zero-order valence-electron chi connectivity index (χ0n) is 19.5. The van der Waals surface area contributed by atoms with Crippen LogP contribution in [0, 0.1) is 5.82 Å². The van der Waals surface area contributed by atoms with Crippen LogP contribution in [0.5, 0.6) is 0 Å². The van der Waals surface area contributed by atoms with Gasteiger partial charge in [-0.1, -0.05) is 12.8 Å². The van der Waals surface area contributed by atoms with Crippen molar-refractivity contribution in [3.63, 3.8) is 0 Å². The van der Waals surface area contributed by atoms with Crippen molar-refractivity contribution < 1.29 is 18.7 Å². The third-order valence-electron chi connectivity index (χ3n) is 5.91. The number of hydrogen-bond acceptors (Lipinski definition) is 6. The van der Waals surface area contributed by atoms with Crippen molar-refractivity contribution in [1.82, 2.24) is 25.4 Å². The van der Waals surface area contributed by atoms with Gasteiger partial charge in [0.05, 0.1) is 23.5 Å². The Morgan fingerprint density at radius 3 is 2.70 bits per heavy atom. The van der Waals surface area contributed by atoms with Crippen LogP contribution in [0.15, 0.2) is 12.4 Å². The van der Waals surface area contributed by atoms with Gasteiger partial charge in [-0.05, 0) is 40.5 Å². The lowest BCUT2D eigenvalue weighted by Gasteiger charge is -2.34. The highest BCUT2D eigenvalue weighted by Gasteiger charge is 2.33. The van der Waals surface area contributed by atoms with E-state index < -0.39 is 17.5 Å². The van der Waals surface area contributed by atoms with Crippen LogP contribution in [0.2, 0.25) is 0 Å². The molecule has 4 rings (SSSR count). The number of fused-ring (bicyclic) bond motifs is 1. The molecule has 1 saturated carbocycles. The Kier molecular flexibility index (Phi) is 6.27. The molecule has 10 heteroatoms. The fourth-order valence-electron chi connectivity index (χ4n) is 4.35. The Bertz CT molecular complexity index is 1060. The van der Waals surface area contributed by atoms with Gasteiger partial charge in [-0.2, -0.15) is 5.10 Å². The number of alkyl carbamates (subject to hydrolysis) is 1. The zero-order valence-corrected chi connectivity index (χ0v) is 19.5. The van der Waals surface area contributed by atoms with Gasteiger partial charge >= 0.3 is 6.09 Å². The maximum Gasteiger partial charge on any atom is 0.407 e. The Hall–Kier alpha value is -3.17. The summed E-state index contributed by atoms with van der Waals surface area (Å²) in [5, 5.41) is 13.1.